The van der Waals surface area contributed by atoms with Crippen molar-refractivity contribution >= 4 is 0 Å². The molecule has 0 heterocycles. The van der Waals surface area contributed by atoms with Gasteiger partial charge in [-0.05, 0) is 36.3 Å². The van der Waals surface area contributed by atoms with Crippen LogP contribution < -0.4 is 0 Å². The molecular weight excluding hydrogens is 168 g/mol. The van der Waals surface area contributed by atoms with E-state index in [1.165, 1.54) is 36.8 Å². The molecule has 0 aromatic heterocycles. The van der Waals surface area contributed by atoms with Crippen molar-refractivity contribution in [1.82, 2.24) is 0 Å². The number of hydrogen-bond donors (Lipinski definition) is 0. The lowest BCUT2D eigenvalue weighted by molar-refractivity contribution is 0.646. The highest BCUT2D eigenvalue weighted by molar-refractivity contribution is 5.23. The van der Waals surface area contributed by atoms with Crippen molar-refractivity contribution in [1.29, 1.82) is 0 Å². The molecule has 0 radical (unpaired) electrons. The summed E-state index contributed by atoms with van der Waals surface area (Å²) < 4.78 is 0. The molecule has 0 aliphatic heterocycles. The molecule has 1 aromatic carbocycles. The van der Waals surface area contributed by atoms with Crippen LogP contribution in [0.5, 0.6) is 0 Å². The maximum Gasteiger partial charge on any atom is -0.0256 e. The van der Waals surface area contributed by atoms with Crippen molar-refractivity contribution in [2.75, 3.05) is 0 Å². The predicted octanol–water partition coefficient (Wildman–Crippen LogP) is 4.23. The fraction of sp³-hybridized carbons (Fsp3) is 0.571. The highest BCUT2D eigenvalue weighted by Crippen LogP contribution is 2.12. The lowest BCUT2D eigenvalue weighted by Gasteiger charge is -2.07. The molecule has 1 aromatic rings. The molecule has 0 bridgehead atoms. The minimum atomic E-state index is 0.761. The second-order valence-electron chi connectivity index (χ2n) is 4.52. The van der Waals surface area contributed by atoms with Gasteiger partial charge in [0.2, 0.25) is 0 Å². The van der Waals surface area contributed by atoms with E-state index in [4.69, 9.17) is 0 Å². The third-order valence-corrected chi connectivity index (χ3v) is 2.45. The topological polar surface area (TPSA) is 0 Å². The Balaban J connectivity index is 2.59. The molecule has 0 spiro atoms. The van der Waals surface area contributed by atoms with Crippen LogP contribution >= 0.6 is 0 Å². The van der Waals surface area contributed by atoms with E-state index in [0.717, 1.165) is 5.92 Å². The molecule has 1 rings (SSSR count). The van der Waals surface area contributed by atoms with Gasteiger partial charge in [-0.2, -0.15) is 0 Å². The van der Waals surface area contributed by atoms with Gasteiger partial charge in [0.25, 0.3) is 0 Å². The summed E-state index contributed by atoms with van der Waals surface area (Å²) in [5, 5.41) is 0. The molecule has 0 nitrogen and oxygen atoms in total. The number of unbranched alkanes of at least 4 members (excludes halogenated alkanes) is 1. The van der Waals surface area contributed by atoms with Crippen LogP contribution in [0.3, 0.4) is 0 Å². The largest absolute Gasteiger partial charge is 0.0654 e. The van der Waals surface area contributed by atoms with Crippen molar-refractivity contribution in [3.63, 3.8) is 0 Å². The van der Waals surface area contributed by atoms with Gasteiger partial charge in [0.1, 0.15) is 0 Å². The first-order chi connectivity index (χ1) is 6.72. The lowest BCUT2D eigenvalue weighted by atomic mass is 9.99. The summed E-state index contributed by atoms with van der Waals surface area (Å²) in [6, 6.07) is 9.06. The molecule has 14 heavy (non-hydrogen) atoms. The summed E-state index contributed by atoms with van der Waals surface area (Å²) >= 11 is 0. The van der Waals surface area contributed by atoms with Crippen LogP contribution in [-0.4, -0.2) is 0 Å². The smallest absolute Gasteiger partial charge is 0.0256 e. The number of aryl methyl sites for hydroxylation is 1. The lowest BCUT2D eigenvalue weighted by Crippen LogP contribution is -1.95. The van der Waals surface area contributed by atoms with Gasteiger partial charge in [-0.15, -0.1) is 0 Å². The van der Waals surface area contributed by atoms with Crippen LogP contribution in [0.15, 0.2) is 24.3 Å². The Labute approximate surface area is 88.4 Å². The number of rotatable bonds is 5. The van der Waals surface area contributed by atoms with Crippen LogP contribution in [0.25, 0.3) is 0 Å². The van der Waals surface area contributed by atoms with Gasteiger partial charge >= 0.3 is 0 Å². The molecule has 78 valence electrons. The molecule has 0 unspecified atom stereocenters. The highest BCUT2D eigenvalue weighted by atomic mass is 14.0. The minimum Gasteiger partial charge on any atom is -0.0654 e. The van der Waals surface area contributed by atoms with Crippen LogP contribution in [-0.2, 0) is 12.8 Å². The van der Waals surface area contributed by atoms with E-state index in [2.05, 4.69) is 45.0 Å². The molecular formula is C14H22. The number of hydrogen-bond acceptors (Lipinski definition) is 0. The molecule has 0 amide bonds. The highest BCUT2D eigenvalue weighted by Gasteiger charge is 1.98. The first kappa shape index (κ1) is 11.3. The van der Waals surface area contributed by atoms with Gasteiger partial charge in [0, 0.05) is 0 Å². The van der Waals surface area contributed by atoms with Crippen LogP contribution in [0.1, 0.15) is 44.7 Å². The van der Waals surface area contributed by atoms with E-state index < -0.39 is 0 Å². The average molecular weight is 190 g/mol. The second kappa shape index (κ2) is 5.85. The molecule has 0 saturated carbocycles. The first-order valence-corrected chi connectivity index (χ1v) is 5.80. The maximum atomic E-state index is 2.37. The normalized spacial score (nSPS) is 10.9. The third kappa shape index (κ3) is 3.95. The van der Waals surface area contributed by atoms with Gasteiger partial charge in [0.05, 0.1) is 0 Å². The molecule has 0 N–H and O–H groups in total. The predicted molar refractivity (Wildman–Crippen MR) is 63.6 cm³/mol. The van der Waals surface area contributed by atoms with Crippen molar-refractivity contribution in [2.24, 2.45) is 5.92 Å². The van der Waals surface area contributed by atoms with Gasteiger partial charge in [-0.1, -0.05) is 51.5 Å². The Hall–Kier alpha value is -0.780. The Morgan fingerprint density at radius 2 is 1.86 bits per heavy atom. The van der Waals surface area contributed by atoms with E-state index in [1.807, 2.05) is 0 Å². The third-order valence-electron chi connectivity index (χ3n) is 2.45. The molecule has 0 aliphatic carbocycles. The minimum absolute atomic E-state index is 0.761. The standard InChI is InChI=1S/C14H22/c1-4-5-7-13-8-6-9-14(11-13)10-12(2)3/h6,8-9,11-12H,4-5,7,10H2,1-3H3. The van der Waals surface area contributed by atoms with Crippen molar-refractivity contribution < 1.29 is 0 Å². The summed E-state index contributed by atoms with van der Waals surface area (Å²) in [6.07, 6.45) is 5.04. The number of benzene rings is 1. The van der Waals surface area contributed by atoms with Crippen LogP contribution in [0.2, 0.25) is 0 Å². The van der Waals surface area contributed by atoms with E-state index in [1.54, 1.807) is 0 Å². The molecule has 0 aliphatic rings. The average Bonchev–Trinajstić information content (AvgIpc) is 2.14. The van der Waals surface area contributed by atoms with Crippen LogP contribution in [0.4, 0.5) is 0 Å². The quantitative estimate of drug-likeness (QED) is 0.652. The molecule has 0 atom stereocenters. The summed E-state index contributed by atoms with van der Waals surface area (Å²) in [6.45, 7) is 6.80. The summed E-state index contributed by atoms with van der Waals surface area (Å²) in [5.74, 6) is 0.761. The SMILES string of the molecule is CCCCc1cccc(CC(C)C)c1. The molecule has 0 saturated heterocycles. The van der Waals surface area contributed by atoms with E-state index >= 15 is 0 Å². The first-order valence-electron chi connectivity index (χ1n) is 5.80. The van der Waals surface area contributed by atoms with Crippen LogP contribution in [0, 0.1) is 5.92 Å². The zero-order valence-electron chi connectivity index (χ0n) is 9.72. The Morgan fingerprint density at radius 3 is 2.50 bits per heavy atom. The maximum absolute atomic E-state index is 2.37. The fourth-order valence-electron chi connectivity index (χ4n) is 1.76. The van der Waals surface area contributed by atoms with Crippen molar-refractivity contribution in [2.45, 2.75) is 46.5 Å². The van der Waals surface area contributed by atoms with Gasteiger partial charge in [-0.3, -0.25) is 0 Å². The van der Waals surface area contributed by atoms with Gasteiger partial charge in [-0.25, -0.2) is 0 Å². The zero-order valence-corrected chi connectivity index (χ0v) is 9.72. The fourth-order valence-corrected chi connectivity index (χ4v) is 1.76. The monoisotopic (exact) mass is 190 g/mol. The summed E-state index contributed by atoms with van der Waals surface area (Å²) in [5.41, 5.74) is 3.00. The summed E-state index contributed by atoms with van der Waals surface area (Å²) in [7, 11) is 0. The van der Waals surface area contributed by atoms with E-state index in [-0.39, 0.29) is 0 Å². The summed E-state index contributed by atoms with van der Waals surface area (Å²) in [4.78, 5) is 0. The second-order valence-corrected chi connectivity index (χ2v) is 4.52. The van der Waals surface area contributed by atoms with Crippen molar-refractivity contribution in [3.05, 3.63) is 35.4 Å². The zero-order chi connectivity index (χ0) is 10.4. The van der Waals surface area contributed by atoms with Gasteiger partial charge in [0.15, 0.2) is 0 Å². The Bertz CT molecular complexity index is 260. The van der Waals surface area contributed by atoms with E-state index in [9.17, 15) is 0 Å². The Kier molecular flexibility index (Phi) is 4.72. The van der Waals surface area contributed by atoms with Crippen molar-refractivity contribution in [3.8, 4) is 0 Å². The molecule has 0 fully saturated rings. The molecule has 0 heteroatoms. The Morgan fingerprint density at radius 1 is 1.14 bits per heavy atom. The van der Waals surface area contributed by atoms with Gasteiger partial charge < -0.3 is 0 Å². The van der Waals surface area contributed by atoms with E-state index in [0.29, 0.717) is 0 Å².